The number of halogens is 2. The normalized spacial score (nSPS) is 13.9. The fraction of sp³-hybridized carbons (Fsp3) is 0.333. The number of nitrogens with one attached hydrogen (secondary N) is 1. The molecule has 6 nitrogen and oxygen atoms in total. The molecule has 1 amide bonds. The first-order chi connectivity index (χ1) is 13.2. The second-order valence-corrected chi connectivity index (χ2v) is 6.83. The maximum absolute atomic E-state index is 13.0. The predicted molar refractivity (Wildman–Crippen MR) is 119 cm³/mol. The second kappa shape index (κ2) is 10.5. The van der Waals surface area contributed by atoms with Crippen molar-refractivity contribution >= 4 is 36.4 Å². The van der Waals surface area contributed by atoms with Crippen molar-refractivity contribution in [2.24, 2.45) is 0 Å². The molecule has 0 aliphatic carbocycles. The Morgan fingerprint density at radius 3 is 2.79 bits per heavy atom. The smallest absolute Gasteiger partial charge is 0.257 e. The van der Waals surface area contributed by atoms with Crippen LogP contribution < -0.4 is 10.1 Å². The second-order valence-electron chi connectivity index (χ2n) is 6.83. The molecule has 4 rings (SSSR count). The van der Waals surface area contributed by atoms with Gasteiger partial charge in [0.15, 0.2) is 0 Å². The van der Waals surface area contributed by atoms with Gasteiger partial charge in [-0.25, -0.2) is 4.98 Å². The first kappa shape index (κ1) is 23.0. The van der Waals surface area contributed by atoms with Crippen molar-refractivity contribution in [1.82, 2.24) is 19.6 Å². The summed E-state index contributed by atoms with van der Waals surface area (Å²) in [6.07, 6.45) is 4.91. The van der Waals surface area contributed by atoms with Gasteiger partial charge in [0.1, 0.15) is 18.0 Å². The highest BCUT2D eigenvalue weighted by molar-refractivity contribution is 5.97. The van der Waals surface area contributed by atoms with Gasteiger partial charge in [-0.3, -0.25) is 4.79 Å². The quantitative estimate of drug-likeness (QED) is 0.679. The molecule has 1 aromatic carbocycles. The lowest BCUT2D eigenvalue weighted by Crippen LogP contribution is -2.34. The standard InChI is InChI=1S/C21H24N4O2.2ClH/c1-16-6-4-11-25-14-17(23-20(16)25)15-27-19-8-3-2-7-18(19)21(26)24-12-5-9-22-10-13-24;;/h2-4,6-8,11,14,22H,5,9-10,12-13,15H2,1H3;2*1H. The van der Waals surface area contributed by atoms with Crippen molar-refractivity contribution in [3.8, 4) is 5.75 Å². The molecule has 1 saturated heterocycles. The minimum atomic E-state index is 0. The molecule has 0 radical (unpaired) electrons. The number of para-hydroxylation sites is 1. The van der Waals surface area contributed by atoms with E-state index in [9.17, 15) is 4.79 Å². The lowest BCUT2D eigenvalue weighted by Gasteiger charge is -2.21. The molecule has 29 heavy (non-hydrogen) atoms. The van der Waals surface area contributed by atoms with Crippen LogP contribution in [0.25, 0.3) is 5.65 Å². The summed E-state index contributed by atoms with van der Waals surface area (Å²) < 4.78 is 7.99. The Kier molecular flexibility index (Phi) is 8.32. The Bertz CT molecular complexity index is 953. The van der Waals surface area contributed by atoms with E-state index in [-0.39, 0.29) is 30.7 Å². The van der Waals surface area contributed by atoms with E-state index in [2.05, 4.69) is 10.3 Å². The Morgan fingerprint density at radius 2 is 1.97 bits per heavy atom. The third-order valence-electron chi connectivity index (χ3n) is 4.85. The van der Waals surface area contributed by atoms with E-state index in [0.29, 0.717) is 17.9 Å². The third-order valence-corrected chi connectivity index (χ3v) is 4.85. The van der Waals surface area contributed by atoms with Crippen molar-refractivity contribution in [1.29, 1.82) is 0 Å². The predicted octanol–water partition coefficient (Wildman–Crippen LogP) is 3.50. The molecule has 1 aliphatic rings. The summed E-state index contributed by atoms with van der Waals surface area (Å²) in [7, 11) is 0. The summed E-state index contributed by atoms with van der Waals surface area (Å²) in [6, 6.07) is 11.5. The van der Waals surface area contributed by atoms with Gasteiger partial charge in [-0.2, -0.15) is 0 Å². The molecular weight excluding hydrogens is 411 g/mol. The molecule has 8 heteroatoms. The number of hydrogen-bond donors (Lipinski definition) is 1. The lowest BCUT2D eigenvalue weighted by atomic mass is 10.1. The molecule has 0 atom stereocenters. The van der Waals surface area contributed by atoms with Crippen LogP contribution in [0.2, 0.25) is 0 Å². The Hall–Kier alpha value is -2.28. The van der Waals surface area contributed by atoms with Crippen LogP contribution in [-0.2, 0) is 6.61 Å². The molecule has 3 heterocycles. The number of aromatic nitrogens is 2. The highest BCUT2D eigenvalue weighted by Crippen LogP contribution is 2.22. The Morgan fingerprint density at radius 1 is 1.14 bits per heavy atom. The van der Waals surface area contributed by atoms with Crippen molar-refractivity contribution in [2.75, 3.05) is 26.2 Å². The number of imidazole rings is 1. The van der Waals surface area contributed by atoms with Gasteiger partial charge in [0, 0.05) is 32.0 Å². The van der Waals surface area contributed by atoms with Crippen molar-refractivity contribution in [3.05, 3.63) is 65.6 Å². The van der Waals surface area contributed by atoms with Crippen molar-refractivity contribution in [2.45, 2.75) is 20.0 Å². The van der Waals surface area contributed by atoms with Crippen LogP contribution in [0.5, 0.6) is 5.75 Å². The minimum Gasteiger partial charge on any atom is -0.486 e. The van der Waals surface area contributed by atoms with E-state index in [1.807, 2.05) is 65.0 Å². The number of carbonyl (C=O) groups is 1. The van der Waals surface area contributed by atoms with E-state index in [1.54, 1.807) is 0 Å². The van der Waals surface area contributed by atoms with Crippen LogP contribution in [0.15, 0.2) is 48.8 Å². The van der Waals surface area contributed by atoms with Crippen LogP contribution >= 0.6 is 24.8 Å². The number of pyridine rings is 1. The van der Waals surface area contributed by atoms with Crippen molar-refractivity contribution < 1.29 is 9.53 Å². The molecule has 2 aromatic heterocycles. The molecule has 1 N–H and O–H groups in total. The number of nitrogens with zero attached hydrogens (tertiary/aromatic N) is 3. The van der Waals surface area contributed by atoms with Crippen LogP contribution in [0, 0.1) is 6.92 Å². The van der Waals surface area contributed by atoms with Gasteiger partial charge in [-0.05, 0) is 43.7 Å². The van der Waals surface area contributed by atoms with E-state index in [4.69, 9.17) is 4.74 Å². The van der Waals surface area contributed by atoms with E-state index >= 15 is 0 Å². The fourth-order valence-corrected chi connectivity index (χ4v) is 3.41. The number of benzene rings is 1. The highest BCUT2D eigenvalue weighted by Gasteiger charge is 2.20. The van der Waals surface area contributed by atoms with Gasteiger partial charge >= 0.3 is 0 Å². The van der Waals surface area contributed by atoms with Crippen LogP contribution in [0.3, 0.4) is 0 Å². The molecule has 1 fully saturated rings. The maximum atomic E-state index is 13.0. The SMILES string of the molecule is Cc1cccn2cc(COc3ccccc3C(=O)N3CCCNCC3)nc12.Cl.Cl. The van der Waals surface area contributed by atoms with E-state index in [1.165, 1.54) is 0 Å². The van der Waals surface area contributed by atoms with Crippen LogP contribution in [0.1, 0.15) is 28.0 Å². The molecule has 0 bridgehead atoms. The number of carbonyl (C=O) groups excluding carboxylic acids is 1. The number of hydrogen-bond acceptors (Lipinski definition) is 4. The van der Waals surface area contributed by atoms with Crippen LogP contribution in [-0.4, -0.2) is 46.4 Å². The number of fused-ring (bicyclic) bond motifs is 1. The monoisotopic (exact) mass is 436 g/mol. The highest BCUT2D eigenvalue weighted by atomic mass is 35.5. The van der Waals surface area contributed by atoms with E-state index < -0.39 is 0 Å². The lowest BCUT2D eigenvalue weighted by molar-refractivity contribution is 0.0761. The Labute approximate surface area is 183 Å². The van der Waals surface area contributed by atoms with E-state index in [0.717, 1.165) is 49.5 Å². The zero-order valence-electron chi connectivity index (χ0n) is 16.3. The Balaban J connectivity index is 0.00000150. The summed E-state index contributed by atoms with van der Waals surface area (Å²) in [6.45, 7) is 5.64. The minimum absolute atomic E-state index is 0. The fourth-order valence-electron chi connectivity index (χ4n) is 3.41. The van der Waals surface area contributed by atoms with Gasteiger partial charge in [0.25, 0.3) is 5.91 Å². The van der Waals surface area contributed by atoms with Gasteiger partial charge in [-0.15, -0.1) is 24.8 Å². The summed E-state index contributed by atoms with van der Waals surface area (Å²) in [5.74, 6) is 0.633. The average molecular weight is 437 g/mol. The van der Waals surface area contributed by atoms with Crippen LogP contribution in [0.4, 0.5) is 0 Å². The zero-order valence-corrected chi connectivity index (χ0v) is 18.0. The molecule has 1 aliphatic heterocycles. The van der Waals surface area contributed by atoms with Gasteiger partial charge in [0.05, 0.1) is 11.3 Å². The topological polar surface area (TPSA) is 58.9 Å². The molecule has 0 spiro atoms. The molecule has 156 valence electrons. The number of amides is 1. The van der Waals surface area contributed by atoms with Crippen molar-refractivity contribution in [3.63, 3.8) is 0 Å². The number of rotatable bonds is 4. The largest absolute Gasteiger partial charge is 0.486 e. The van der Waals surface area contributed by atoms with Gasteiger partial charge in [0.2, 0.25) is 0 Å². The van der Waals surface area contributed by atoms with Gasteiger partial charge in [-0.1, -0.05) is 18.2 Å². The summed E-state index contributed by atoms with van der Waals surface area (Å²) >= 11 is 0. The first-order valence-electron chi connectivity index (χ1n) is 9.37. The summed E-state index contributed by atoms with van der Waals surface area (Å²) in [5.41, 5.74) is 3.50. The maximum Gasteiger partial charge on any atom is 0.257 e. The first-order valence-corrected chi connectivity index (χ1v) is 9.37. The molecule has 3 aromatic rings. The molecule has 0 saturated carbocycles. The third kappa shape index (κ3) is 5.21. The zero-order chi connectivity index (χ0) is 18.6. The summed E-state index contributed by atoms with van der Waals surface area (Å²) in [5, 5.41) is 3.33. The molecule has 0 unspecified atom stereocenters. The summed E-state index contributed by atoms with van der Waals surface area (Å²) in [4.78, 5) is 19.5. The van der Waals surface area contributed by atoms with Gasteiger partial charge < -0.3 is 19.4 Å². The number of aryl methyl sites for hydroxylation is 1. The molecular formula is C21H26Cl2N4O2. The number of ether oxygens (including phenoxy) is 1. The average Bonchev–Trinajstić information content (AvgIpc) is 2.92.